The number of hydrogen-bond acceptors (Lipinski definition) is 8. The minimum Gasteiger partial charge on any atom is -0.467 e. The van der Waals surface area contributed by atoms with Crippen molar-refractivity contribution in [3.8, 4) is 0 Å². The Labute approximate surface area is 177 Å². The van der Waals surface area contributed by atoms with Gasteiger partial charge in [-0.05, 0) is 47.6 Å². The number of methoxy groups -OCH3 is 1. The molecule has 1 unspecified atom stereocenters. The predicted octanol–water partition coefficient (Wildman–Crippen LogP) is 2.61. The fourth-order valence-corrected chi connectivity index (χ4v) is 2.94. The summed E-state index contributed by atoms with van der Waals surface area (Å²) in [6, 6.07) is -0.117. The lowest BCUT2D eigenvalue weighted by atomic mass is 10.2. The monoisotopic (exact) mass is 446 g/mol. The van der Waals surface area contributed by atoms with Crippen LogP contribution < -0.4 is 0 Å². The molecule has 1 atom stereocenters. The first-order valence-corrected chi connectivity index (χ1v) is 11.0. The number of amides is 2. The third kappa shape index (κ3) is 7.69. The summed E-state index contributed by atoms with van der Waals surface area (Å²) in [4.78, 5) is 38.6. The Hall–Kier alpha value is -2.56. The number of aromatic nitrogens is 1. The Balaban J connectivity index is 3.38. The quantitative estimate of drug-likeness (QED) is 0.500. The van der Waals surface area contributed by atoms with Gasteiger partial charge in [-0.25, -0.2) is 22.8 Å². The van der Waals surface area contributed by atoms with Gasteiger partial charge in [0.05, 0.1) is 18.6 Å². The minimum absolute atomic E-state index is 0.0206. The minimum atomic E-state index is -3.48. The van der Waals surface area contributed by atoms with E-state index in [0.29, 0.717) is 4.90 Å². The molecule has 0 bridgehead atoms. The largest absolute Gasteiger partial charge is 0.467 e. The summed E-state index contributed by atoms with van der Waals surface area (Å²) >= 11 is 0. The highest BCUT2D eigenvalue weighted by Crippen LogP contribution is 2.19. The second-order valence-corrected chi connectivity index (χ2v) is 10.7. The molecule has 0 aliphatic heterocycles. The maximum atomic E-state index is 12.8. The molecule has 0 fully saturated rings. The summed E-state index contributed by atoms with van der Waals surface area (Å²) in [5, 5.41) is 0. The summed E-state index contributed by atoms with van der Waals surface area (Å²) in [6.07, 6.45) is 1.55. The third-order valence-corrected chi connectivity index (χ3v) is 4.60. The zero-order valence-electron chi connectivity index (χ0n) is 18.6. The fourth-order valence-electron chi connectivity index (χ4n) is 2.30. The summed E-state index contributed by atoms with van der Waals surface area (Å²) in [6.45, 7) is 9.38. The van der Waals surface area contributed by atoms with E-state index in [4.69, 9.17) is 14.2 Å². The molecule has 11 heteroatoms. The molecule has 0 spiro atoms. The highest BCUT2D eigenvalue weighted by atomic mass is 32.2. The van der Waals surface area contributed by atoms with E-state index in [-0.39, 0.29) is 11.4 Å². The van der Waals surface area contributed by atoms with Crippen molar-refractivity contribution in [1.82, 2.24) is 9.47 Å². The van der Waals surface area contributed by atoms with Crippen LogP contribution in [0.25, 0.3) is 0 Å². The average molecular weight is 447 g/mol. The first-order valence-electron chi connectivity index (χ1n) is 9.13. The lowest BCUT2D eigenvalue weighted by Gasteiger charge is -2.32. The molecule has 0 saturated carbocycles. The first-order chi connectivity index (χ1) is 13.4. The van der Waals surface area contributed by atoms with Crippen LogP contribution in [-0.2, 0) is 35.4 Å². The van der Waals surface area contributed by atoms with E-state index in [1.807, 2.05) is 0 Å². The molecule has 0 radical (unpaired) electrons. The second-order valence-electron chi connectivity index (χ2n) is 8.69. The van der Waals surface area contributed by atoms with E-state index in [2.05, 4.69) is 0 Å². The van der Waals surface area contributed by atoms with Gasteiger partial charge in [0.15, 0.2) is 15.9 Å². The highest BCUT2D eigenvalue weighted by Gasteiger charge is 2.41. The van der Waals surface area contributed by atoms with Crippen LogP contribution in [0, 0.1) is 0 Å². The van der Waals surface area contributed by atoms with Gasteiger partial charge in [0, 0.05) is 18.6 Å². The van der Waals surface area contributed by atoms with E-state index < -0.39 is 45.2 Å². The van der Waals surface area contributed by atoms with Crippen LogP contribution in [-0.4, -0.2) is 66.7 Å². The van der Waals surface area contributed by atoms with E-state index in [9.17, 15) is 22.8 Å². The van der Waals surface area contributed by atoms with Gasteiger partial charge in [0.1, 0.15) is 11.2 Å². The molecule has 1 aromatic rings. The van der Waals surface area contributed by atoms with Crippen LogP contribution in [0.5, 0.6) is 0 Å². The second kappa shape index (κ2) is 9.07. The molecule has 170 valence electrons. The number of carbonyl (C=O) groups is 3. The average Bonchev–Trinajstić information content (AvgIpc) is 2.98. The van der Waals surface area contributed by atoms with Crippen LogP contribution in [0.15, 0.2) is 23.4 Å². The van der Waals surface area contributed by atoms with Gasteiger partial charge in [-0.2, -0.15) is 4.90 Å². The molecule has 2 amide bonds. The Morgan fingerprint density at radius 2 is 1.50 bits per heavy atom. The predicted molar refractivity (Wildman–Crippen MR) is 108 cm³/mol. The van der Waals surface area contributed by atoms with Crippen molar-refractivity contribution in [2.75, 3.05) is 13.4 Å². The standard InChI is InChI=1S/C19H30N2O8S/c1-18(2,3)28-16(23)21(17(24)29-19(4,5)6)14(15(22)27-7)12-20-10-9-13(11-20)30(8,25)26/h9-11,14H,12H2,1-8H3. The van der Waals surface area contributed by atoms with Gasteiger partial charge in [-0.15, -0.1) is 0 Å². The molecule has 0 aliphatic carbocycles. The van der Waals surface area contributed by atoms with Crippen molar-refractivity contribution in [3.05, 3.63) is 18.5 Å². The van der Waals surface area contributed by atoms with E-state index in [1.165, 1.54) is 23.0 Å². The first kappa shape index (κ1) is 25.5. The smallest absolute Gasteiger partial charge is 0.420 e. The van der Waals surface area contributed by atoms with E-state index in [1.54, 1.807) is 41.5 Å². The molecule has 0 N–H and O–H groups in total. The molecular formula is C19H30N2O8S. The van der Waals surface area contributed by atoms with Gasteiger partial charge >= 0.3 is 18.2 Å². The molecular weight excluding hydrogens is 416 g/mol. The Bertz CT molecular complexity index is 862. The van der Waals surface area contributed by atoms with E-state index >= 15 is 0 Å². The third-order valence-electron chi connectivity index (χ3n) is 3.50. The number of sulfone groups is 1. The molecule has 10 nitrogen and oxygen atoms in total. The highest BCUT2D eigenvalue weighted by molar-refractivity contribution is 7.90. The Morgan fingerprint density at radius 1 is 1.03 bits per heavy atom. The number of ether oxygens (including phenoxy) is 3. The van der Waals surface area contributed by atoms with Gasteiger partial charge in [-0.3, -0.25) is 0 Å². The topological polar surface area (TPSA) is 121 Å². The Kier molecular flexibility index (Phi) is 7.70. The van der Waals surface area contributed by atoms with Crippen molar-refractivity contribution in [2.24, 2.45) is 0 Å². The lowest BCUT2D eigenvalue weighted by Crippen LogP contribution is -2.53. The molecule has 0 aliphatic rings. The maximum Gasteiger partial charge on any atom is 0.420 e. The normalized spacial score (nSPS) is 13.3. The summed E-state index contributed by atoms with van der Waals surface area (Å²) in [5.41, 5.74) is -1.90. The lowest BCUT2D eigenvalue weighted by molar-refractivity contribution is -0.147. The number of rotatable bonds is 5. The molecule has 30 heavy (non-hydrogen) atoms. The number of carbonyl (C=O) groups excluding carboxylic acids is 3. The molecule has 1 rings (SSSR count). The Morgan fingerprint density at radius 3 is 1.83 bits per heavy atom. The number of nitrogens with zero attached hydrogens (tertiary/aromatic N) is 2. The van der Waals surface area contributed by atoms with Gasteiger partial charge < -0.3 is 18.8 Å². The fraction of sp³-hybridized carbons (Fsp3) is 0.632. The number of hydrogen-bond donors (Lipinski definition) is 0. The maximum absolute atomic E-state index is 12.8. The van der Waals surface area contributed by atoms with Crippen LogP contribution >= 0.6 is 0 Å². The molecule has 0 aromatic carbocycles. The van der Waals surface area contributed by atoms with Crippen LogP contribution in [0.1, 0.15) is 41.5 Å². The number of esters is 1. The van der Waals surface area contributed by atoms with Crippen molar-refractivity contribution in [3.63, 3.8) is 0 Å². The van der Waals surface area contributed by atoms with Crippen LogP contribution in [0.4, 0.5) is 9.59 Å². The van der Waals surface area contributed by atoms with Gasteiger partial charge in [0.25, 0.3) is 0 Å². The van der Waals surface area contributed by atoms with Crippen LogP contribution in [0.3, 0.4) is 0 Å². The van der Waals surface area contributed by atoms with Crippen molar-refractivity contribution in [2.45, 2.75) is 70.2 Å². The van der Waals surface area contributed by atoms with Gasteiger partial charge in [0.2, 0.25) is 0 Å². The van der Waals surface area contributed by atoms with Gasteiger partial charge in [-0.1, -0.05) is 0 Å². The van der Waals surface area contributed by atoms with Crippen molar-refractivity contribution in [1.29, 1.82) is 0 Å². The summed E-state index contributed by atoms with van der Waals surface area (Å²) < 4.78 is 40.1. The SMILES string of the molecule is COC(=O)C(Cn1ccc(S(C)(=O)=O)c1)N(C(=O)OC(C)(C)C)C(=O)OC(C)(C)C. The number of imide groups is 1. The zero-order valence-corrected chi connectivity index (χ0v) is 19.4. The summed E-state index contributed by atoms with van der Waals surface area (Å²) in [7, 11) is -2.37. The molecule has 1 heterocycles. The molecule has 0 saturated heterocycles. The van der Waals surface area contributed by atoms with E-state index in [0.717, 1.165) is 13.4 Å². The van der Waals surface area contributed by atoms with Crippen molar-refractivity contribution >= 4 is 28.0 Å². The van der Waals surface area contributed by atoms with Crippen molar-refractivity contribution < 1.29 is 37.0 Å². The van der Waals surface area contributed by atoms with Crippen LogP contribution in [0.2, 0.25) is 0 Å². The summed E-state index contributed by atoms with van der Waals surface area (Å²) in [5.74, 6) is -0.902. The zero-order chi connectivity index (χ0) is 23.5. The molecule has 1 aromatic heterocycles.